The second-order valence-electron chi connectivity index (χ2n) is 6.75. The summed E-state index contributed by atoms with van der Waals surface area (Å²) in [6.07, 6.45) is 3.49. The Bertz CT molecular complexity index is 665. The van der Waals surface area contributed by atoms with Crippen LogP contribution in [0.3, 0.4) is 0 Å². The third-order valence-corrected chi connectivity index (χ3v) is 6.25. The molecule has 124 valence electrons. The fourth-order valence-electron chi connectivity index (χ4n) is 4.08. The average Bonchev–Trinajstić information content (AvgIpc) is 3.29. The summed E-state index contributed by atoms with van der Waals surface area (Å²) in [6, 6.07) is 4.52. The number of fused-ring (bicyclic) bond motifs is 1. The van der Waals surface area contributed by atoms with Crippen LogP contribution in [0.4, 0.5) is 0 Å². The van der Waals surface area contributed by atoms with Crippen LogP contribution >= 0.6 is 11.3 Å². The quantitative estimate of drug-likeness (QED) is 0.810. The van der Waals surface area contributed by atoms with Crippen LogP contribution < -0.4 is 10.9 Å². The molecule has 2 aliphatic rings. The van der Waals surface area contributed by atoms with Gasteiger partial charge in [0.15, 0.2) is 0 Å². The Balaban J connectivity index is 1.48. The lowest BCUT2D eigenvalue weighted by molar-refractivity contribution is 0.0629. The fourth-order valence-corrected chi connectivity index (χ4v) is 4.86. The van der Waals surface area contributed by atoms with Gasteiger partial charge < -0.3 is 9.88 Å². The van der Waals surface area contributed by atoms with Crippen LogP contribution in [0.25, 0.3) is 10.2 Å². The van der Waals surface area contributed by atoms with Crippen LogP contribution in [0.15, 0.2) is 17.5 Å². The Labute approximate surface area is 140 Å². The number of hydrogen-bond donors (Lipinski definition) is 3. The van der Waals surface area contributed by atoms with Gasteiger partial charge >= 0.3 is 0 Å². The maximum Gasteiger partial charge on any atom is 0.270 e. The molecule has 2 fully saturated rings. The van der Waals surface area contributed by atoms with Gasteiger partial charge in [-0.2, -0.15) is 0 Å². The van der Waals surface area contributed by atoms with E-state index < -0.39 is 0 Å². The monoisotopic (exact) mass is 332 g/mol. The zero-order chi connectivity index (χ0) is 15.8. The maximum atomic E-state index is 12.8. The van der Waals surface area contributed by atoms with Crippen LogP contribution in [-0.2, 0) is 0 Å². The zero-order valence-electron chi connectivity index (χ0n) is 13.5. The number of thiophene rings is 1. The highest BCUT2D eigenvalue weighted by atomic mass is 32.1. The average molecular weight is 332 g/mol. The van der Waals surface area contributed by atoms with Crippen molar-refractivity contribution in [3.8, 4) is 0 Å². The van der Waals surface area contributed by atoms with Crippen molar-refractivity contribution >= 4 is 27.5 Å². The van der Waals surface area contributed by atoms with Crippen LogP contribution in [0.5, 0.6) is 0 Å². The first-order valence-electron chi connectivity index (χ1n) is 8.60. The van der Waals surface area contributed by atoms with Gasteiger partial charge in [0.05, 0.1) is 10.2 Å². The maximum absolute atomic E-state index is 12.8. The molecule has 0 spiro atoms. The van der Waals surface area contributed by atoms with Crippen LogP contribution in [-0.4, -0.2) is 41.5 Å². The third kappa shape index (κ3) is 2.79. The lowest BCUT2D eigenvalue weighted by atomic mass is 9.83. The van der Waals surface area contributed by atoms with Gasteiger partial charge in [-0.05, 0) is 42.2 Å². The minimum Gasteiger partial charge on any atom is -0.350 e. The predicted molar refractivity (Wildman–Crippen MR) is 93.5 cm³/mol. The molecule has 3 atom stereocenters. The number of hydrazine groups is 1. The molecular formula is C17H24N4OS. The number of aromatic amines is 1. The van der Waals surface area contributed by atoms with E-state index in [1.54, 1.807) is 11.3 Å². The van der Waals surface area contributed by atoms with E-state index in [4.69, 9.17) is 0 Å². The number of carbonyl (C=O) groups excluding carboxylic acids is 1. The molecule has 0 saturated carbocycles. The van der Waals surface area contributed by atoms with Gasteiger partial charge in [0.1, 0.15) is 5.69 Å². The number of likely N-dealkylation sites (tertiary alicyclic amines) is 1. The van der Waals surface area contributed by atoms with Crippen molar-refractivity contribution in [1.29, 1.82) is 0 Å². The molecule has 2 aromatic heterocycles. The number of rotatable bonds is 3. The van der Waals surface area contributed by atoms with Gasteiger partial charge in [0, 0.05) is 25.7 Å². The van der Waals surface area contributed by atoms with E-state index in [-0.39, 0.29) is 5.91 Å². The molecule has 0 bridgehead atoms. The Kier molecular flexibility index (Phi) is 4.13. The van der Waals surface area contributed by atoms with Crippen molar-refractivity contribution in [2.45, 2.75) is 32.2 Å². The minimum absolute atomic E-state index is 0.150. The largest absolute Gasteiger partial charge is 0.350 e. The Hall–Kier alpha value is -1.37. The van der Waals surface area contributed by atoms with Crippen LogP contribution in [0, 0.1) is 11.8 Å². The predicted octanol–water partition coefficient (Wildman–Crippen LogP) is 2.58. The molecule has 4 rings (SSSR count). The smallest absolute Gasteiger partial charge is 0.270 e. The summed E-state index contributed by atoms with van der Waals surface area (Å²) in [5, 5.41) is 2.05. The van der Waals surface area contributed by atoms with Crippen molar-refractivity contribution in [3.63, 3.8) is 0 Å². The van der Waals surface area contributed by atoms with Crippen molar-refractivity contribution in [3.05, 3.63) is 23.2 Å². The molecule has 4 heterocycles. The summed E-state index contributed by atoms with van der Waals surface area (Å²) in [7, 11) is 0. The van der Waals surface area contributed by atoms with E-state index >= 15 is 0 Å². The molecule has 3 unspecified atom stereocenters. The first kappa shape index (κ1) is 15.2. The van der Waals surface area contributed by atoms with Gasteiger partial charge in [0.2, 0.25) is 0 Å². The summed E-state index contributed by atoms with van der Waals surface area (Å²) in [4.78, 5) is 18.1. The van der Waals surface area contributed by atoms with Crippen molar-refractivity contribution in [1.82, 2.24) is 20.7 Å². The fraction of sp³-hybridized carbons (Fsp3) is 0.588. The number of hydrogen-bond acceptors (Lipinski definition) is 4. The van der Waals surface area contributed by atoms with E-state index in [1.165, 1.54) is 12.8 Å². The number of carbonyl (C=O) groups is 1. The van der Waals surface area contributed by atoms with Crippen LogP contribution in [0.1, 0.15) is 36.7 Å². The molecule has 2 aliphatic heterocycles. The number of H-pyrrole nitrogens is 1. The van der Waals surface area contributed by atoms with E-state index in [9.17, 15) is 4.79 Å². The summed E-state index contributed by atoms with van der Waals surface area (Å²) in [6.45, 7) is 5.03. The molecule has 6 heteroatoms. The standard InChI is InChI=1S/C17H24N4OS/c1-2-11-9-18-20-16(11)12-4-3-6-21(10-12)17(22)14-8-15-13(19-14)5-7-23-15/h5,7-8,11-12,16,18-20H,2-4,6,9-10H2,1H3. The van der Waals surface area contributed by atoms with Crippen molar-refractivity contribution in [2.75, 3.05) is 19.6 Å². The van der Waals surface area contributed by atoms with E-state index in [2.05, 4.69) is 28.1 Å². The highest BCUT2D eigenvalue weighted by Gasteiger charge is 2.36. The molecule has 0 aliphatic carbocycles. The Morgan fingerprint density at radius 3 is 3.22 bits per heavy atom. The number of amides is 1. The molecule has 0 aromatic carbocycles. The second-order valence-corrected chi connectivity index (χ2v) is 7.70. The second kappa shape index (κ2) is 6.26. The molecule has 0 radical (unpaired) electrons. The summed E-state index contributed by atoms with van der Waals surface area (Å²) in [5.74, 6) is 1.37. The zero-order valence-corrected chi connectivity index (χ0v) is 14.3. The molecule has 23 heavy (non-hydrogen) atoms. The summed E-state index contributed by atoms with van der Waals surface area (Å²) in [5.41, 5.74) is 8.55. The van der Waals surface area contributed by atoms with Gasteiger partial charge in [-0.3, -0.25) is 15.6 Å². The SMILES string of the molecule is CCC1CNNC1C1CCCN(C(=O)c2cc3sccc3[nH]2)C1. The number of piperidine rings is 1. The van der Waals surface area contributed by atoms with Gasteiger partial charge in [-0.15, -0.1) is 11.3 Å². The normalized spacial score (nSPS) is 28.6. The molecule has 2 aromatic rings. The summed E-state index contributed by atoms with van der Waals surface area (Å²) < 4.78 is 1.16. The Morgan fingerprint density at radius 2 is 2.39 bits per heavy atom. The Morgan fingerprint density at radius 1 is 1.48 bits per heavy atom. The highest BCUT2D eigenvalue weighted by Crippen LogP contribution is 2.28. The lowest BCUT2D eigenvalue weighted by Gasteiger charge is -2.37. The molecular weight excluding hydrogens is 308 g/mol. The first-order valence-corrected chi connectivity index (χ1v) is 9.48. The lowest BCUT2D eigenvalue weighted by Crippen LogP contribution is -2.48. The van der Waals surface area contributed by atoms with Crippen LogP contribution in [0.2, 0.25) is 0 Å². The van der Waals surface area contributed by atoms with E-state index in [0.717, 1.165) is 42.0 Å². The number of aromatic nitrogens is 1. The molecule has 5 nitrogen and oxygen atoms in total. The number of nitrogens with one attached hydrogen (secondary N) is 3. The molecule has 1 amide bonds. The van der Waals surface area contributed by atoms with Crippen molar-refractivity contribution < 1.29 is 4.79 Å². The molecule has 2 saturated heterocycles. The highest BCUT2D eigenvalue weighted by molar-refractivity contribution is 7.17. The van der Waals surface area contributed by atoms with E-state index in [1.807, 2.05) is 17.0 Å². The first-order chi connectivity index (χ1) is 11.3. The number of nitrogens with zero attached hydrogens (tertiary/aromatic N) is 1. The topological polar surface area (TPSA) is 60.2 Å². The summed E-state index contributed by atoms with van der Waals surface area (Å²) >= 11 is 1.68. The van der Waals surface area contributed by atoms with Gasteiger partial charge in [0.25, 0.3) is 5.91 Å². The third-order valence-electron chi connectivity index (χ3n) is 5.39. The molecule has 3 N–H and O–H groups in total. The van der Waals surface area contributed by atoms with Crippen molar-refractivity contribution in [2.24, 2.45) is 11.8 Å². The minimum atomic E-state index is 0.150. The van der Waals surface area contributed by atoms with E-state index in [0.29, 0.717) is 17.9 Å². The van der Waals surface area contributed by atoms with Gasteiger partial charge in [-0.1, -0.05) is 13.3 Å². The van der Waals surface area contributed by atoms with Gasteiger partial charge in [-0.25, -0.2) is 0 Å².